The van der Waals surface area contributed by atoms with Gasteiger partial charge in [-0.15, -0.1) is 0 Å². The van der Waals surface area contributed by atoms with Gasteiger partial charge < -0.3 is 14.3 Å². The van der Waals surface area contributed by atoms with Crippen molar-refractivity contribution < 1.29 is 29.0 Å². The van der Waals surface area contributed by atoms with Gasteiger partial charge in [-0.2, -0.15) is 0 Å². The minimum Gasteiger partial charge on any atom is -0.746 e. The normalized spacial score (nSPS) is 14.1. The van der Waals surface area contributed by atoms with Gasteiger partial charge in [0.2, 0.25) is 0 Å². The van der Waals surface area contributed by atoms with Gasteiger partial charge in [-0.25, -0.2) is 5.21 Å². The Morgan fingerprint density at radius 1 is 1.17 bits per heavy atom. The van der Waals surface area contributed by atoms with E-state index in [1.807, 2.05) is 0 Å². The van der Waals surface area contributed by atoms with E-state index in [1.165, 1.54) is 24.3 Å². The fourth-order valence-corrected chi connectivity index (χ4v) is 2.03. The van der Waals surface area contributed by atoms with Crippen LogP contribution in [0.5, 0.6) is 5.75 Å². The topological polar surface area (TPSA) is 110 Å². The lowest BCUT2D eigenvalue weighted by Gasteiger charge is -2.17. The van der Waals surface area contributed by atoms with Crippen molar-refractivity contribution in [2.45, 2.75) is 0 Å². The van der Waals surface area contributed by atoms with E-state index >= 15 is 0 Å². The summed E-state index contributed by atoms with van der Waals surface area (Å²) in [7, 11) is -4.94. The molecule has 0 heterocycles. The van der Waals surface area contributed by atoms with E-state index in [1.54, 1.807) is 12.1 Å². The van der Waals surface area contributed by atoms with E-state index in [4.69, 9.17) is 10.1 Å². The van der Waals surface area contributed by atoms with Crippen molar-refractivity contribution in [1.29, 1.82) is 0 Å². The van der Waals surface area contributed by atoms with Gasteiger partial charge in [0.05, 0.1) is 10.3 Å². The van der Waals surface area contributed by atoms with Crippen molar-refractivity contribution in [3.63, 3.8) is 0 Å². The summed E-state index contributed by atoms with van der Waals surface area (Å²) in [5, 5.41) is 9.48. The second-order valence-electron chi connectivity index (χ2n) is 3.46. The summed E-state index contributed by atoms with van der Waals surface area (Å²) < 4.78 is 15.1. The van der Waals surface area contributed by atoms with Gasteiger partial charge in [0.25, 0.3) is 4.92 Å². The molecule has 7 nitrogen and oxygen atoms in total. The largest absolute Gasteiger partial charge is 0.746 e. The van der Waals surface area contributed by atoms with Crippen molar-refractivity contribution in [2.75, 3.05) is 0 Å². The third-order valence-electron chi connectivity index (χ3n) is 2.28. The Morgan fingerprint density at radius 2 is 1.78 bits per heavy atom. The smallest absolute Gasteiger partial charge is 0.324 e. The highest BCUT2D eigenvalue weighted by molar-refractivity contribution is 7.45. The van der Waals surface area contributed by atoms with E-state index in [0.717, 1.165) is 0 Å². The van der Waals surface area contributed by atoms with Crippen molar-refractivity contribution in [2.24, 2.45) is 0 Å². The molecule has 0 amide bonds. The number of benzene rings is 2. The Labute approximate surface area is 101 Å². The van der Waals surface area contributed by atoms with E-state index in [0.29, 0.717) is 5.39 Å². The molecule has 2 aromatic carbocycles. The minimum absolute atomic E-state index is 0.0587. The molecule has 0 saturated heterocycles. The molecule has 0 aliphatic rings. The highest BCUT2D eigenvalue weighted by Gasteiger charge is 2.19. The summed E-state index contributed by atoms with van der Waals surface area (Å²) >= 11 is 0. The summed E-state index contributed by atoms with van der Waals surface area (Å²) in [5.74, 6) is -0.128. The molecule has 0 aliphatic heterocycles. The zero-order valence-corrected chi connectivity index (χ0v) is 9.78. The summed E-state index contributed by atoms with van der Waals surface area (Å²) in [6, 6.07) is 8.55. The summed E-state index contributed by atoms with van der Waals surface area (Å²) in [6.07, 6.45) is 0. The third-order valence-corrected chi connectivity index (χ3v) is 2.71. The van der Waals surface area contributed by atoms with Crippen molar-refractivity contribution in [3.05, 3.63) is 41.3 Å². The van der Waals surface area contributed by atoms with Gasteiger partial charge >= 0.3 is 13.5 Å². The van der Waals surface area contributed by atoms with E-state index in [2.05, 4.69) is 4.52 Å². The summed E-state index contributed by atoms with van der Waals surface area (Å²) in [6.45, 7) is 0. The van der Waals surface area contributed by atoms with Crippen LogP contribution in [-0.4, -0.2) is 15.0 Å². The first-order valence-electron chi connectivity index (χ1n) is 4.80. The second kappa shape index (κ2) is 4.38. The molecular weight excluding hydrogens is 261 g/mol. The Morgan fingerprint density at radius 3 is 2.33 bits per heavy atom. The SMILES string of the molecule is O=[N+](O)c1ccc(OP(=O)([O-])O)c2ccccc12. The molecule has 18 heavy (non-hydrogen) atoms. The number of hydrogen-bond acceptors (Lipinski definition) is 4. The third kappa shape index (κ3) is 2.48. The highest BCUT2D eigenvalue weighted by atomic mass is 31.2. The molecule has 1 unspecified atom stereocenters. The van der Waals surface area contributed by atoms with Crippen molar-refractivity contribution >= 4 is 24.3 Å². The molecule has 0 spiro atoms. The van der Waals surface area contributed by atoms with Crippen LogP contribution >= 0.6 is 7.82 Å². The number of phosphoric acid groups is 1. The molecule has 0 aliphatic carbocycles. The lowest BCUT2D eigenvalue weighted by atomic mass is 10.1. The standard InChI is InChI=1S/C10H8NO6P/c12-11(13)9-5-6-10(17-18(14,15)16)8-4-2-1-3-7(8)9/h1-6H,(H2-,12,13,14,15,16). The Kier molecular flexibility index (Phi) is 3.04. The Bertz CT molecular complexity index is 664. The van der Waals surface area contributed by atoms with E-state index in [9.17, 15) is 14.4 Å². The maximum Gasteiger partial charge on any atom is 0.324 e. The van der Waals surface area contributed by atoms with Gasteiger partial charge in [0.15, 0.2) is 0 Å². The molecule has 0 bridgehead atoms. The average molecular weight is 269 g/mol. The molecule has 2 N–H and O–H groups in total. The minimum atomic E-state index is -4.94. The van der Waals surface area contributed by atoms with Crippen LogP contribution in [0.3, 0.4) is 0 Å². The summed E-state index contributed by atoms with van der Waals surface area (Å²) in [4.78, 5) is 30.0. The number of fused-ring (bicyclic) bond motifs is 1. The predicted octanol–water partition coefficient (Wildman–Crippen LogP) is 1.48. The molecule has 2 rings (SSSR count). The lowest BCUT2D eigenvalue weighted by molar-refractivity contribution is -0.728. The van der Waals surface area contributed by atoms with Crippen molar-refractivity contribution in [3.8, 4) is 5.75 Å². The number of phosphoric ester groups is 1. The van der Waals surface area contributed by atoms with Gasteiger partial charge in [-0.3, -0.25) is 4.57 Å². The second-order valence-corrected chi connectivity index (χ2v) is 4.58. The number of rotatable bonds is 3. The van der Waals surface area contributed by atoms with Crippen LogP contribution in [0.15, 0.2) is 36.4 Å². The highest BCUT2D eigenvalue weighted by Crippen LogP contribution is 2.39. The maximum absolute atomic E-state index is 10.9. The molecule has 1 atom stereocenters. The number of hydrogen-bond donors (Lipinski definition) is 2. The molecule has 0 radical (unpaired) electrons. The van der Waals surface area contributed by atoms with E-state index < -0.39 is 7.82 Å². The Hall–Kier alpha value is -1.95. The summed E-state index contributed by atoms with van der Waals surface area (Å²) in [5.41, 5.74) is -0.0587. The molecule has 0 aromatic heterocycles. The van der Waals surface area contributed by atoms with Gasteiger partial charge in [0.1, 0.15) is 5.75 Å². The van der Waals surface area contributed by atoms with Gasteiger partial charge in [-0.05, 0) is 12.1 Å². The molecule has 8 heteroatoms. The van der Waals surface area contributed by atoms with Crippen molar-refractivity contribution in [1.82, 2.24) is 0 Å². The van der Waals surface area contributed by atoms with Crippen LogP contribution in [0.2, 0.25) is 0 Å². The maximum atomic E-state index is 10.9. The lowest BCUT2D eigenvalue weighted by Crippen LogP contribution is -2.06. The number of nitrogens with zero attached hydrogens (tertiary/aromatic N) is 1. The van der Waals surface area contributed by atoms with Crippen LogP contribution in [0.25, 0.3) is 10.8 Å². The van der Waals surface area contributed by atoms with E-state index in [-0.39, 0.29) is 21.7 Å². The van der Waals surface area contributed by atoms with Crippen LogP contribution < -0.4 is 9.42 Å². The fraction of sp³-hybridized carbons (Fsp3) is 0. The average Bonchev–Trinajstić information content (AvgIpc) is 2.27. The molecular formula is C10H8NO6P. The van der Waals surface area contributed by atoms with Crippen LogP contribution in [0.1, 0.15) is 0 Å². The molecule has 0 saturated carbocycles. The first kappa shape index (κ1) is 12.5. The first-order chi connectivity index (χ1) is 8.38. The molecule has 2 aromatic rings. The van der Waals surface area contributed by atoms with Crippen LogP contribution in [0, 0.1) is 4.91 Å². The quantitative estimate of drug-likeness (QED) is 0.645. The van der Waals surface area contributed by atoms with Crippen LogP contribution in [-0.2, 0) is 4.57 Å². The monoisotopic (exact) mass is 269 g/mol. The fourth-order valence-electron chi connectivity index (χ4n) is 1.63. The predicted molar refractivity (Wildman–Crippen MR) is 59.5 cm³/mol. The molecule has 94 valence electrons. The molecule has 0 fully saturated rings. The zero-order chi connectivity index (χ0) is 13.3. The Balaban J connectivity index is 2.68. The van der Waals surface area contributed by atoms with Crippen LogP contribution in [0.4, 0.5) is 5.69 Å². The van der Waals surface area contributed by atoms with Gasteiger partial charge in [-0.1, -0.05) is 18.2 Å². The van der Waals surface area contributed by atoms with Gasteiger partial charge in [0, 0.05) is 11.5 Å². The zero-order valence-electron chi connectivity index (χ0n) is 8.89. The first-order valence-corrected chi connectivity index (χ1v) is 6.29.